The lowest BCUT2D eigenvalue weighted by Crippen LogP contribution is -2.40. The molecule has 2 amide bonds. The van der Waals surface area contributed by atoms with Crippen LogP contribution in [0.2, 0.25) is 0 Å². The Bertz CT molecular complexity index is 654. The minimum absolute atomic E-state index is 0.0464. The third-order valence-electron chi connectivity index (χ3n) is 3.95. The summed E-state index contributed by atoms with van der Waals surface area (Å²) < 4.78 is 0. The Labute approximate surface area is 134 Å². The molecule has 0 radical (unpaired) electrons. The molecule has 0 aromatic heterocycles. The molecule has 2 N–H and O–H groups in total. The summed E-state index contributed by atoms with van der Waals surface area (Å²) >= 11 is 0. The minimum Gasteiger partial charge on any atom is -0.480 e. The largest absolute Gasteiger partial charge is 0.480 e. The van der Waals surface area contributed by atoms with Crippen molar-refractivity contribution in [2.75, 3.05) is 11.9 Å². The Morgan fingerprint density at radius 2 is 2.17 bits per heavy atom. The highest BCUT2D eigenvalue weighted by atomic mass is 16.4. The summed E-state index contributed by atoms with van der Waals surface area (Å²) in [6.07, 6.45) is 3.42. The number of rotatable bonds is 6. The number of aliphatic carboxylic acids is 1. The molecule has 0 saturated heterocycles. The second-order valence-corrected chi connectivity index (χ2v) is 5.53. The molecule has 6 heteroatoms. The molecule has 1 aliphatic rings. The molecule has 0 spiro atoms. The molecule has 0 bridgehead atoms. The second-order valence-electron chi connectivity index (χ2n) is 5.53. The Hall–Kier alpha value is -2.63. The van der Waals surface area contributed by atoms with Gasteiger partial charge in [0, 0.05) is 24.7 Å². The standard InChI is InChI=1S/C17H20N2O4/c1-3-4-5-13(17(22)23)18-16(21)12-6-8-14-11(10-12)7-9-15(20)19(14)2/h3,6,8,10,13H,1,4-5,7,9H2,2H3,(H,18,21)(H,22,23). The number of carboxylic acid groups (broad SMARTS) is 1. The maximum absolute atomic E-state index is 12.3. The molecule has 122 valence electrons. The topological polar surface area (TPSA) is 86.7 Å². The zero-order valence-electron chi connectivity index (χ0n) is 13.0. The number of anilines is 1. The van der Waals surface area contributed by atoms with E-state index >= 15 is 0 Å². The van der Waals surface area contributed by atoms with Crippen molar-refractivity contribution < 1.29 is 19.5 Å². The van der Waals surface area contributed by atoms with Crippen molar-refractivity contribution in [3.63, 3.8) is 0 Å². The molecule has 1 aromatic carbocycles. The van der Waals surface area contributed by atoms with Gasteiger partial charge in [-0.3, -0.25) is 9.59 Å². The number of carboxylic acids is 1. The first-order valence-electron chi connectivity index (χ1n) is 7.48. The number of hydrogen-bond donors (Lipinski definition) is 2. The SMILES string of the molecule is C=CCCC(NC(=O)c1ccc2c(c1)CCC(=O)N2C)C(=O)O. The first kappa shape index (κ1) is 16.7. The summed E-state index contributed by atoms with van der Waals surface area (Å²) in [5, 5.41) is 11.7. The van der Waals surface area contributed by atoms with Crippen LogP contribution in [0, 0.1) is 0 Å². The van der Waals surface area contributed by atoms with Crippen molar-refractivity contribution in [3.05, 3.63) is 42.0 Å². The van der Waals surface area contributed by atoms with Gasteiger partial charge in [0.05, 0.1) is 0 Å². The molecule has 6 nitrogen and oxygen atoms in total. The Kier molecular flexibility index (Phi) is 5.16. The summed E-state index contributed by atoms with van der Waals surface area (Å²) in [6.45, 7) is 3.55. The van der Waals surface area contributed by atoms with Gasteiger partial charge in [-0.25, -0.2) is 4.79 Å². The fourth-order valence-corrected chi connectivity index (χ4v) is 2.58. The van der Waals surface area contributed by atoms with Crippen molar-refractivity contribution in [2.45, 2.75) is 31.7 Å². The van der Waals surface area contributed by atoms with Gasteiger partial charge in [0.15, 0.2) is 0 Å². The van der Waals surface area contributed by atoms with E-state index in [1.165, 1.54) is 0 Å². The van der Waals surface area contributed by atoms with Crippen molar-refractivity contribution in [1.29, 1.82) is 0 Å². The van der Waals surface area contributed by atoms with Crippen molar-refractivity contribution >= 4 is 23.5 Å². The third kappa shape index (κ3) is 3.77. The Morgan fingerprint density at radius 3 is 2.83 bits per heavy atom. The van der Waals surface area contributed by atoms with Crippen LogP contribution < -0.4 is 10.2 Å². The number of carbonyl (C=O) groups excluding carboxylic acids is 2. The van der Waals surface area contributed by atoms with Gasteiger partial charge >= 0.3 is 5.97 Å². The van der Waals surface area contributed by atoms with Gasteiger partial charge < -0.3 is 15.3 Å². The van der Waals surface area contributed by atoms with Crippen LogP contribution in [-0.4, -0.2) is 36.0 Å². The number of carbonyl (C=O) groups is 3. The Morgan fingerprint density at radius 1 is 1.43 bits per heavy atom. The lowest BCUT2D eigenvalue weighted by molar-refractivity contribution is -0.139. The maximum Gasteiger partial charge on any atom is 0.326 e. The van der Waals surface area contributed by atoms with Crippen LogP contribution in [-0.2, 0) is 16.0 Å². The molecule has 1 atom stereocenters. The maximum atomic E-state index is 12.3. The molecule has 1 heterocycles. The average molecular weight is 316 g/mol. The van der Waals surface area contributed by atoms with E-state index in [-0.39, 0.29) is 5.91 Å². The number of nitrogens with one attached hydrogen (secondary N) is 1. The van der Waals surface area contributed by atoms with Crippen LogP contribution in [0.15, 0.2) is 30.9 Å². The summed E-state index contributed by atoms with van der Waals surface area (Å²) in [5.74, 6) is -1.45. The average Bonchev–Trinajstić information content (AvgIpc) is 2.54. The third-order valence-corrected chi connectivity index (χ3v) is 3.95. The zero-order chi connectivity index (χ0) is 17.0. The normalized spacial score (nSPS) is 14.8. The van der Waals surface area contributed by atoms with Crippen molar-refractivity contribution in [2.24, 2.45) is 0 Å². The number of nitrogens with zero attached hydrogens (tertiary/aromatic N) is 1. The van der Waals surface area contributed by atoms with Crippen molar-refractivity contribution in [3.8, 4) is 0 Å². The highest BCUT2D eigenvalue weighted by molar-refractivity contribution is 5.99. The van der Waals surface area contributed by atoms with E-state index in [1.807, 2.05) is 0 Å². The van der Waals surface area contributed by atoms with Gasteiger partial charge in [-0.1, -0.05) is 6.08 Å². The lowest BCUT2D eigenvalue weighted by Gasteiger charge is -2.26. The molecule has 1 aromatic rings. The molecule has 0 aliphatic carbocycles. The number of allylic oxidation sites excluding steroid dienone is 1. The fourth-order valence-electron chi connectivity index (χ4n) is 2.58. The summed E-state index contributed by atoms with van der Waals surface area (Å²) in [4.78, 5) is 36.7. The minimum atomic E-state index is -1.07. The summed E-state index contributed by atoms with van der Waals surface area (Å²) in [5.41, 5.74) is 2.10. The van der Waals surface area contributed by atoms with E-state index in [9.17, 15) is 14.4 Å². The van der Waals surface area contributed by atoms with Crippen LogP contribution in [0.5, 0.6) is 0 Å². The summed E-state index contributed by atoms with van der Waals surface area (Å²) in [7, 11) is 1.70. The van der Waals surface area contributed by atoms with E-state index in [0.717, 1.165) is 11.3 Å². The first-order valence-corrected chi connectivity index (χ1v) is 7.48. The van der Waals surface area contributed by atoms with E-state index in [0.29, 0.717) is 31.2 Å². The Balaban J connectivity index is 2.15. The molecule has 1 aliphatic heterocycles. The van der Waals surface area contributed by atoms with Gasteiger partial charge in [-0.2, -0.15) is 0 Å². The van der Waals surface area contributed by atoms with Crippen LogP contribution in [0.4, 0.5) is 5.69 Å². The van der Waals surface area contributed by atoms with Crippen LogP contribution in [0.3, 0.4) is 0 Å². The van der Waals surface area contributed by atoms with Crippen LogP contribution in [0.25, 0.3) is 0 Å². The quantitative estimate of drug-likeness (QED) is 0.783. The van der Waals surface area contributed by atoms with Gasteiger partial charge in [-0.15, -0.1) is 6.58 Å². The molecule has 0 saturated carbocycles. The molecule has 23 heavy (non-hydrogen) atoms. The van der Waals surface area contributed by atoms with Crippen molar-refractivity contribution in [1.82, 2.24) is 5.32 Å². The predicted octanol–water partition coefficient (Wildman–Crippen LogP) is 1.74. The number of amides is 2. The number of hydrogen-bond acceptors (Lipinski definition) is 3. The highest BCUT2D eigenvalue weighted by Crippen LogP contribution is 2.27. The predicted molar refractivity (Wildman–Crippen MR) is 86.5 cm³/mol. The van der Waals surface area contributed by atoms with Gasteiger partial charge in [0.1, 0.15) is 6.04 Å². The van der Waals surface area contributed by atoms with Gasteiger partial charge in [-0.05, 0) is 43.0 Å². The smallest absolute Gasteiger partial charge is 0.326 e. The first-order chi connectivity index (χ1) is 10.9. The second kappa shape index (κ2) is 7.09. The number of fused-ring (bicyclic) bond motifs is 1. The monoisotopic (exact) mass is 316 g/mol. The number of benzene rings is 1. The highest BCUT2D eigenvalue weighted by Gasteiger charge is 2.23. The zero-order valence-corrected chi connectivity index (χ0v) is 13.0. The van der Waals surface area contributed by atoms with Gasteiger partial charge in [0.25, 0.3) is 5.91 Å². The van der Waals surface area contributed by atoms with Crippen LogP contribution >= 0.6 is 0 Å². The molecular weight excluding hydrogens is 296 g/mol. The van der Waals surface area contributed by atoms with E-state index in [2.05, 4.69) is 11.9 Å². The van der Waals surface area contributed by atoms with E-state index < -0.39 is 17.9 Å². The molecule has 0 fully saturated rings. The molecular formula is C17H20N2O4. The van der Waals surface area contributed by atoms with E-state index in [4.69, 9.17) is 5.11 Å². The molecule has 1 unspecified atom stereocenters. The number of aryl methyl sites for hydroxylation is 1. The lowest BCUT2D eigenvalue weighted by atomic mass is 9.98. The fraction of sp³-hybridized carbons (Fsp3) is 0.353. The van der Waals surface area contributed by atoms with Crippen LogP contribution in [0.1, 0.15) is 35.2 Å². The summed E-state index contributed by atoms with van der Waals surface area (Å²) in [6, 6.07) is 4.11. The molecule has 2 rings (SSSR count). The van der Waals surface area contributed by atoms with Gasteiger partial charge in [0.2, 0.25) is 5.91 Å². The van der Waals surface area contributed by atoms with E-state index in [1.54, 1.807) is 36.2 Å².